The van der Waals surface area contributed by atoms with Crippen molar-refractivity contribution in [3.63, 3.8) is 0 Å². The van der Waals surface area contributed by atoms with Gasteiger partial charge in [-0.3, -0.25) is 4.79 Å². The van der Waals surface area contributed by atoms with Crippen molar-refractivity contribution in [1.82, 2.24) is 0 Å². The van der Waals surface area contributed by atoms with Crippen molar-refractivity contribution in [1.29, 1.82) is 0 Å². The molecule has 0 saturated heterocycles. The molecule has 200 valence electrons. The van der Waals surface area contributed by atoms with Crippen LogP contribution in [0.2, 0.25) is 0 Å². The van der Waals surface area contributed by atoms with Gasteiger partial charge in [-0.05, 0) is 74.1 Å². The van der Waals surface area contributed by atoms with Gasteiger partial charge >= 0.3 is 11.9 Å². The topological polar surface area (TPSA) is 114 Å². The van der Waals surface area contributed by atoms with Gasteiger partial charge in [0.15, 0.2) is 0 Å². The maximum absolute atomic E-state index is 12.6. The molecule has 1 fully saturated rings. The van der Waals surface area contributed by atoms with Crippen LogP contribution in [0, 0.1) is 5.92 Å². The van der Waals surface area contributed by atoms with E-state index in [1.807, 2.05) is 0 Å². The van der Waals surface area contributed by atoms with Gasteiger partial charge in [-0.2, -0.15) is 0 Å². The van der Waals surface area contributed by atoms with Crippen molar-refractivity contribution in [2.45, 2.75) is 77.4 Å². The van der Waals surface area contributed by atoms with Crippen LogP contribution in [0.1, 0.15) is 75.8 Å². The molecule has 37 heavy (non-hydrogen) atoms. The standard InChI is InChI=1S/C30H40N2O5/c1-2-3-4-5-6-19-35-26-15-10-23(11-16-26)30(34)37-27-13-7-22(8-14-27)9-18-29(33)36-21-24-20-25(31)12-17-28(24)32/h7-9,12-14,17-18,20,23,26H,2-6,10-11,15-16,19,21,31-32H2,1H3/b18-9+. The Labute approximate surface area is 220 Å². The third kappa shape index (κ3) is 9.92. The summed E-state index contributed by atoms with van der Waals surface area (Å²) in [5.74, 6) is -0.279. The summed E-state index contributed by atoms with van der Waals surface area (Å²) in [6, 6.07) is 12.1. The quantitative estimate of drug-likeness (QED) is 0.111. The van der Waals surface area contributed by atoms with Gasteiger partial charge < -0.3 is 25.7 Å². The maximum atomic E-state index is 12.6. The second-order valence-corrected chi connectivity index (χ2v) is 9.65. The van der Waals surface area contributed by atoms with Crippen molar-refractivity contribution in [2.75, 3.05) is 18.1 Å². The van der Waals surface area contributed by atoms with Crippen molar-refractivity contribution in [3.05, 3.63) is 59.7 Å². The second-order valence-electron chi connectivity index (χ2n) is 9.65. The number of hydrogen-bond acceptors (Lipinski definition) is 7. The first kappa shape index (κ1) is 28.3. The minimum atomic E-state index is -0.492. The van der Waals surface area contributed by atoms with Gasteiger partial charge in [0.25, 0.3) is 0 Å². The fourth-order valence-corrected chi connectivity index (χ4v) is 4.38. The Hall–Kier alpha value is -3.32. The molecule has 3 rings (SSSR count). The Balaban J connectivity index is 1.36. The van der Waals surface area contributed by atoms with E-state index in [9.17, 15) is 9.59 Å². The predicted octanol–water partition coefficient (Wildman–Crippen LogP) is 6.06. The molecular formula is C30H40N2O5. The van der Waals surface area contributed by atoms with Crippen LogP contribution in [-0.2, 0) is 25.7 Å². The highest BCUT2D eigenvalue weighted by molar-refractivity contribution is 5.87. The number of benzene rings is 2. The van der Waals surface area contributed by atoms with Gasteiger partial charge in [-0.25, -0.2) is 4.79 Å². The highest BCUT2D eigenvalue weighted by Crippen LogP contribution is 2.28. The Bertz CT molecular complexity index is 1030. The minimum Gasteiger partial charge on any atom is -0.458 e. The molecule has 7 heteroatoms. The van der Waals surface area contributed by atoms with E-state index in [2.05, 4.69) is 6.92 Å². The summed E-state index contributed by atoms with van der Waals surface area (Å²) in [7, 11) is 0. The van der Waals surface area contributed by atoms with Crippen molar-refractivity contribution in [2.24, 2.45) is 5.92 Å². The average Bonchev–Trinajstić information content (AvgIpc) is 2.91. The third-order valence-corrected chi connectivity index (χ3v) is 6.66. The van der Waals surface area contributed by atoms with E-state index in [-0.39, 0.29) is 24.6 Å². The van der Waals surface area contributed by atoms with Crippen LogP contribution < -0.4 is 16.2 Å². The Morgan fingerprint density at radius 1 is 0.946 bits per heavy atom. The highest BCUT2D eigenvalue weighted by Gasteiger charge is 2.28. The van der Waals surface area contributed by atoms with Crippen LogP contribution in [0.25, 0.3) is 6.08 Å². The number of esters is 2. The van der Waals surface area contributed by atoms with Gasteiger partial charge in [0, 0.05) is 29.6 Å². The molecule has 0 bridgehead atoms. The number of rotatable bonds is 13. The SMILES string of the molecule is CCCCCCCOC1CCC(C(=O)Oc2ccc(/C=C/C(=O)OCc3cc(N)ccc3N)cc2)CC1. The number of hydrogen-bond donors (Lipinski definition) is 2. The van der Waals surface area contributed by atoms with Crippen LogP contribution in [-0.4, -0.2) is 24.6 Å². The average molecular weight is 509 g/mol. The highest BCUT2D eigenvalue weighted by atomic mass is 16.5. The molecule has 0 heterocycles. The van der Waals surface area contributed by atoms with E-state index in [0.29, 0.717) is 22.7 Å². The number of unbranched alkanes of at least 4 members (excludes halogenated alkanes) is 4. The number of nitrogens with two attached hydrogens (primary N) is 2. The van der Waals surface area contributed by atoms with E-state index < -0.39 is 5.97 Å². The second kappa shape index (κ2) is 15.1. The molecule has 0 aliphatic heterocycles. The van der Waals surface area contributed by atoms with Crippen LogP contribution in [0.15, 0.2) is 48.5 Å². The summed E-state index contributed by atoms with van der Waals surface area (Å²) in [6.07, 6.45) is 12.8. The lowest BCUT2D eigenvalue weighted by Crippen LogP contribution is -2.29. The molecule has 1 aliphatic carbocycles. The smallest absolute Gasteiger partial charge is 0.331 e. The van der Waals surface area contributed by atoms with E-state index in [0.717, 1.165) is 44.3 Å². The summed E-state index contributed by atoms with van der Waals surface area (Å²) in [5.41, 5.74) is 14.1. The molecule has 0 aromatic heterocycles. The first-order valence-corrected chi connectivity index (χ1v) is 13.4. The molecule has 0 atom stereocenters. The van der Waals surface area contributed by atoms with E-state index in [1.165, 1.54) is 31.8 Å². The Kier molecular flexibility index (Phi) is 11.5. The van der Waals surface area contributed by atoms with Gasteiger partial charge in [-0.15, -0.1) is 0 Å². The number of nitrogen functional groups attached to an aromatic ring is 2. The van der Waals surface area contributed by atoms with Crippen LogP contribution in [0.4, 0.5) is 11.4 Å². The third-order valence-electron chi connectivity index (χ3n) is 6.66. The van der Waals surface area contributed by atoms with Crippen LogP contribution in [0.3, 0.4) is 0 Å². The lowest BCUT2D eigenvalue weighted by atomic mass is 9.87. The first-order valence-electron chi connectivity index (χ1n) is 13.4. The van der Waals surface area contributed by atoms with Gasteiger partial charge in [0.2, 0.25) is 0 Å². The summed E-state index contributed by atoms with van der Waals surface area (Å²) in [5, 5.41) is 0. The zero-order valence-electron chi connectivity index (χ0n) is 21.8. The summed E-state index contributed by atoms with van der Waals surface area (Å²) in [4.78, 5) is 24.7. The molecule has 0 radical (unpaired) electrons. The molecule has 0 unspecified atom stereocenters. The lowest BCUT2D eigenvalue weighted by Gasteiger charge is -2.27. The van der Waals surface area contributed by atoms with Gasteiger partial charge in [-0.1, -0.05) is 44.7 Å². The monoisotopic (exact) mass is 508 g/mol. The van der Waals surface area contributed by atoms with E-state index in [4.69, 9.17) is 25.7 Å². The van der Waals surface area contributed by atoms with E-state index >= 15 is 0 Å². The van der Waals surface area contributed by atoms with E-state index in [1.54, 1.807) is 48.5 Å². The molecule has 7 nitrogen and oxygen atoms in total. The molecule has 2 aromatic rings. The van der Waals surface area contributed by atoms with Crippen molar-refractivity contribution in [3.8, 4) is 5.75 Å². The fourth-order valence-electron chi connectivity index (χ4n) is 4.38. The van der Waals surface area contributed by atoms with Crippen molar-refractivity contribution < 1.29 is 23.8 Å². The molecule has 2 aromatic carbocycles. The normalized spacial score (nSPS) is 17.5. The molecule has 1 aliphatic rings. The van der Waals surface area contributed by atoms with Gasteiger partial charge in [0.1, 0.15) is 12.4 Å². The number of carbonyl (C=O) groups excluding carboxylic acids is 2. The van der Waals surface area contributed by atoms with Crippen LogP contribution in [0.5, 0.6) is 5.75 Å². The summed E-state index contributed by atoms with van der Waals surface area (Å²) >= 11 is 0. The number of carbonyl (C=O) groups is 2. The molecular weight excluding hydrogens is 468 g/mol. The lowest BCUT2D eigenvalue weighted by molar-refractivity contribution is -0.141. The summed E-state index contributed by atoms with van der Waals surface area (Å²) in [6.45, 7) is 3.08. The van der Waals surface area contributed by atoms with Gasteiger partial charge in [0.05, 0.1) is 12.0 Å². The maximum Gasteiger partial charge on any atom is 0.331 e. The zero-order valence-corrected chi connectivity index (χ0v) is 21.8. The predicted molar refractivity (Wildman–Crippen MR) is 147 cm³/mol. The number of anilines is 2. The largest absolute Gasteiger partial charge is 0.458 e. The van der Waals surface area contributed by atoms with Crippen LogP contribution >= 0.6 is 0 Å². The van der Waals surface area contributed by atoms with Crippen molar-refractivity contribution >= 4 is 29.4 Å². The molecule has 0 spiro atoms. The minimum absolute atomic E-state index is 0.0437. The molecule has 4 N–H and O–H groups in total. The molecule has 0 amide bonds. The summed E-state index contributed by atoms with van der Waals surface area (Å²) < 4.78 is 16.8. The molecule has 1 saturated carbocycles. The fraction of sp³-hybridized carbons (Fsp3) is 0.467. The zero-order chi connectivity index (χ0) is 26.5. The Morgan fingerprint density at radius 3 is 2.41 bits per heavy atom. The first-order chi connectivity index (χ1) is 17.9. The Morgan fingerprint density at radius 2 is 1.68 bits per heavy atom. The number of ether oxygens (including phenoxy) is 3.